The van der Waals surface area contributed by atoms with Crippen LogP contribution in [0.1, 0.15) is 237 Å². The Labute approximate surface area is 605 Å². The molecule has 0 amide bonds. The zero-order chi connectivity index (χ0) is 107. The third-order valence-corrected chi connectivity index (χ3v) is 14.6. The molecule has 6 aliphatic rings. The van der Waals surface area contributed by atoms with Gasteiger partial charge >= 0.3 is 17.9 Å². The predicted octanol–water partition coefficient (Wildman–Crippen LogP) is 10.7. The number of carbonyl (C=O) groups excluding carboxylic acids is 3. The average molecular weight is 1300 g/mol. The second kappa shape index (κ2) is 32.5. The number of hydrogen-bond donors (Lipinski definition) is 3. The van der Waals surface area contributed by atoms with Gasteiger partial charge in [-0.1, -0.05) is 82.9 Å². The summed E-state index contributed by atoms with van der Waals surface area (Å²) in [5.41, 5.74) is 16.1. The van der Waals surface area contributed by atoms with E-state index in [0.29, 0.717) is 35.5 Å². The summed E-state index contributed by atoms with van der Waals surface area (Å²) >= 11 is 0. The molecule has 15 atom stereocenters. The molecule has 3 saturated heterocycles. The minimum Gasteiger partial charge on any atom is -0.493 e. The zero-order valence-electron chi connectivity index (χ0n) is 99.5. The Morgan fingerprint density at radius 1 is 0.500 bits per heavy atom. The molecular weight excluding hydrogens is 1140 g/mol. The number of esters is 3. The number of benzene rings is 3. The fourth-order valence-electron chi connectivity index (χ4n) is 9.61. The van der Waals surface area contributed by atoms with E-state index < -0.39 is 308 Å². The molecule has 3 aromatic carbocycles. The highest BCUT2D eigenvalue weighted by atomic mass is 16.6. The normalized spacial score (nSPS) is 43.1. The van der Waals surface area contributed by atoms with Crippen LogP contribution in [0.25, 0.3) is 0 Å². The fourth-order valence-corrected chi connectivity index (χ4v) is 9.61. The molecule has 12 unspecified atom stereocenters. The zero-order valence-corrected chi connectivity index (χ0v) is 52.5. The second-order valence-corrected chi connectivity index (χ2v) is 22.3. The van der Waals surface area contributed by atoms with E-state index >= 15 is 0 Å². The van der Waals surface area contributed by atoms with Crippen LogP contribution in [0, 0.1) is 53.1 Å². The highest BCUT2D eigenvalue weighted by Gasteiger charge is 2.45. The summed E-state index contributed by atoms with van der Waals surface area (Å²) in [6.45, 7) is -12.3. The second-order valence-electron chi connectivity index (χ2n) is 22.3. The van der Waals surface area contributed by atoms with E-state index in [2.05, 4.69) is 0 Å². The monoisotopic (exact) mass is 1300 g/mol. The molecular formula is C72H114N6O12. The summed E-state index contributed by atoms with van der Waals surface area (Å²) in [5, 5.41) is 0. The van der Waals surface area contributed by atoms with Gasteiger partial charge in [0.25, 0.3) is 0 Å². The minimum absolute atomic E-state index is 0.0226. The number of carbonyl (C=O) groups is 3. The largest absolute Gasteiger partial charge is 0.493 e. The van der Waals surface area contributed by atoms with Crippen molar-refractivity contribution in [3.05, 3.63) is 69.6 Å². The molecule has 3 fully saturated rings. The fraction of sp³-hybridized carbons (Fsp3) is 0.708. The van der Waals surface area contributed by atoms with E-state index in [1.165, 1.54) is 48.7 Å². The lowest BCUT2D eigenvalue weighted by Gasteiger charge is -2.47. The van der Waals surface area contributed by atoms with Crippen LogP contribution in [-0.4, -0.2) is 151 Å². The van der Waals surface area contributed by atoms with Crippen molar-refractivity contribution >= 4 is 17.9 Å². The highest BCUT2D eigenvalue weighted by molar-refractivity contribution is 5.77. The Morgan fingerprint density at radius 2 is 0.800 bits per heavy atom. The standard InChI is InChI=1S/3C24H38N2O4/c3*1-14(2)9-17-13-26-8-7-16-10-21(28-5)22(29-6)11-18(16)19(26)12-20(17)30-24(27)23(25)15(3)4/h3*10-11,14-15,17,19-20,23H,7-9,12-13,25H2,1-6H3/t3*17?,19?,20?,23-/m000/s1/i1D3,5D3,9D2,10D,11D,12D2,13D2,14D,17D,20D;1D3,9D2,10D,11D,12D2,13D2,14D,17D,20D;1D3,5D3,9D2,10D,11D,12D2,13D2,14D,17D/t3*14?,17?,19?,20?,23-. The lowest BCUT2D eigenvalue weighted by atomic mass is 9.79. The molecule has 0 aromatic heterocycles. The summed E-state index contributed by atoms with van der Waals surface area (Å²) in [5.74, 6) is -31.3. The van der Waals surface area contributed by atoms with Crippen molar-refractivity contribution in [3.63, 3.8) is 0 Å². The van der Waals surface area contributed by atoms with Crippen molar-refractivity contribution < 1.29 is 121 Å². The van der Waals surface area contributed by atoms with Crippen LogP contribution in [0.5, 0.6) is 34.5 Å². The molecule has 0 spiro atoms. The quantitative estimate of drug-likeness (QED) is 0.0666. The van der Waals surface area contributed by atoms with Gasteiger partial charge in [0, 0.05) is 139 Å². The Balaban J connectivity index is 0.000000280. The maximum absolute atomic E-state index is 13.3. The van der Waals surface area contributed by atoms with E-state index in [4.69, 9.17) is 101 Å². The molecule has 18 heteroatoms. The third-order valence-electron chi connectivity index (χ3n) is 14.6. The predicted molar refractivity (Wildman–Crippen MR) is 353 cm³/mol. The van der Waals surface area contributed by atoms with E-state index in [1.54, 1.807) is 0 Å². The molecule has 0 aliphatic carbocycles. The van der Waals surface area contributed by atoms with Crippen LogP contribution >= 0.6 is 0 Å². The van der Waals surface area contributed by atoms with Gasteiger partial charge in [0.2, 0.25) is 0 Å². The van der Waals surface area contributed by atoms with Crippen LogP contribution in [0.2, 0.25) is 0 Å². The van der Waals surface area contributed by atoms with Crippen molar-refractivity contribution in [1.82, 2.24) is 14.7 Å². The van der Waals surface area contributed by atoms with Gasteiger partial charge in [0.1, 0.15) is 36.4 Å². The number of nitrogens with zero attached hydrogens (tertiary/aromatic N) is 3. The van der Waals surface area contributed by atoms with E-state index in [9.17, 15) is 37.7 Å². The smallest absolute Gasteiger partial charge is 0.323 e. The third kappa shape index (κ3) is 17.5. The van der Waals surface area contributed by atoms with E-state index in [-0.39, 0.29) is 52.6 Å². The van der Waals surface area contributed by atoms with Gasteiger partial charge in [-0.2, -0.15) is 0 Å². The average Bonchev–Trinajstić information content (AvgIpc) is 0.649. The summed E-state index contributed by atoms with van der Waals surface area (Å²) in [7, 11) is -1.79. The van der Waals surface area contributed by atoms with Crippen LogP contribution in [-0.2, 0) is 47.9 Å². The molecule has 90 heavy (non-hydrogen) atoms. The molecule has 6 N–H and O–H groups in total. The Morgan fingerprint density at radius 3 is 1.12 bits per heavy atom. The first-order valence-electron chi connectivity index (χ1n) is 52.2. The van der Waals surface area contributed by atoms with E-state index in [1.807, 2.05) is 0 Å². The first kappa shape index (κ1) is 31.2. The van der Waals surface area contributed by atoms with Crippen molar-refractivity contribution in [2.24, 2.45) is 70.3 Å². The van der Waals surface area contributed by atoms with Crippen molar-refractivity contribution in [2.45, 2.75) is 195 Å². The SMILES string of the molecule is [2H]c1c2c(c([2H])c(OC)c1OC([2H])([2H])[2H])C1N(CC2)C([2H])([2H])C([2H])(C([2H])([2H])C([2H])(C)C([2H])([2H])[2H])C(OC(=O)[C@@H](N)C(C)C)C1([2H])[2H].[2H]c1c2c(c([2H])c(OC)c1OC([2H])([2H])[2H])C1N(CC2)C([2H])([2H])C([2H])(C([2H])([2H])C([2H])(C)C([2H])([2H])[2H])C([2H])(OC(=O)[C@@H](N)C(C)C)C1([2H])[2H].[2H]c1c2c(c([2H])c(OC)c1OC)C1N(CC2)C([2H])([2H])C([2H])(C([2H])([2H])C([2H])(C)C([2H])([2H])[2H])C([2H])(OC(=O)[C@@H](N)C(C)C)C1([2H])[2H]. The minimum atomic E-state index is -4.07. The number of fused-ring (bicyclic) bond motifs is 9. The number of piperidine rings is 3. The van der Waals surface area contributed by atoms with Crippen LogP contribution < -0.4 is 45.6 Å². The maximum atomic E-state index is 13.3. The summed E-state index contributed by atoms with van der Waals surface area (Å²) in [4.78, 5) is 41.8. The first-order valence-corrected chi connectivity index (χ1v) is 28.7. The number of rotatable bonds is 21. The Kier molecular flexibility index (Phi) is 11.3. The van der Waals surface area contributed by atoms with Crippen LogP contribution in [0.4, 0.5) is 0 Å². The number of nitrogens with two attached hydrogens (primary N) is 3. The van der Waals surface area contributed by atoms with Gasteiger partial charge in [-0.05, 0) is 143 Å². The molecule has 504 valence electrons. The Hall–Kier alpha value is -5.37. The lowest BCUT2D eigenvalue weighted by molar-refractivity contribution is -0.161. The van der Waals surface area contributed by atoms with Crippen LogP contribution in [0.15, 0.2) is 36.3 Å². The molecule has 9 rings (SSSR count). The van der Waals surface area contributed by atoms with Crippen molar-refractivity contribution in [3.8, 4) is 34.5 Å². The lowest BCUT2D eigenvalue weighted by Crippen LogP contribution is -2.51. The van der Waals surface area contributed by atoms with E-state index in [0.717, 1.165) is 21.3 Å². The maximum Gasteiger partial charge on any atom is 0.323 e. The molecule has 18 nitrogen and oxygen atoms in total. The first-order chi connectivity index (χ1) is 61.0. The van der Waals surface area contributed by atoms with Gasteiger partial charge in [-0.15, -0.1) is 0 Å². The molecule has 0 bridgehead atoms. The van der Waals surface area contributed by atoms with Crippen molar-refractivity contribution in [2.75, 3.05) is 81.6 Å². The van der Waals surface area contributed by atoms with Gasteiger partial charge < -0.3 is 59.8 Å². The van der Waals surface area contributed by atoms with Crippen molar-refractivity contribution in [1.29, 1.82) is 0 Å². The van der Waals surface area contributed by atoms with Gasteiger partial charge in [-0.25, -0.2) is 0 Å². The number of ether oxygens (including phenoxy) is 9. The molecule has 3 aromatic rings. The summed E-state index contributed by atoms with van der Waals surface area (Å²) in [6, 6.07) is -14.6. The molecule has 0 radical (unpaired) electrons. The molecule has 0 saturated carbocycles. The number of hydrogen-bond acceptors (Lipinski definition) is 18. The van der Waals surface area contributed by atoms with Gasteiger partial charge in [0.05, 0.1) is 61.7 Å². The molecule has 6 aliphatic heterocycles. The topological polar surface area (TPSA) is 222 Å². The Bertz CT molecular complexity index is 5060. The van der Waals surface area contributed by atoms with Gasteiger partial charge in [0.15, 0.2) is 34.5 Å². The summed E-state index contributed by atoms with van der Waals surface area (Å²) in [6.07, 6.45) is -33.9. The number of methoxy groups -OCH3 is 6. The van der Waals surface area contributed by atoms with Crippen LogP contribution in [0.3, 0.4) is 0 Å². The van der Waals surface area contributed by atoms with Gasteiger partial charge in [-0.3, -0.25) is 29.1 Å². The summed E-state index contributed by atoms with van der Waals surface area (Å²) < 4.78 is 452. The highest BCUT2D eigenvalue weighted by Crippen LogP contribution is 2.48. The molecule has 6 heterocycles.